The lowest BCUT2D eigenvalue weighted by molar-refractivity contribution is 0.198. The van der Waals surface area contributed by atoms with E-state index in [1.54, 1.807) is 20.0 Å². The summed E-state index contributed by atoms with van der Waals surface area (Å²) < 4.78 is 2.16. The standard InChI is InChI=1S/C12H12BrN3O3S/c1-6(17)8-4-3-7(5-9(8)13)20-12-14-10(18)11(19)15-16(12)2/h3-6,17H,1-2H3,(H,15,19)/t6-/m1/s1. The number of aromatic nitrogens is 3. The molecule has 1 atom stereocenters. The Hall–Kier alpha value is -1.38. The second-order valence-corrected chi connectivity index (χ2v) is 6.06. The Morgan fingerprint density at radius 1 is 1.45 bits per heavy atom. The lowest BCUT2D eigenvalue weighted by Crippen LogP contribution is -2.33. The molecule has 0 aliphatic rings. The first-order chi connectivity index (χ1) is 9.38. The number of hydrogen-bond acceptors (Lipinski definition) is 5. The van der Waals surface area contributed by atoms with Gasteiger partial charge in [0.05, 0.1) is 6.10 Å². The van der Waals surface area contributed by atoms with E-state index < -0.39 is 17.2 Å². The smallest absolute Gasteiger partial charge is 0.339 e. The summed E-state index contributed by atoms with van der Waals surface area (Å²) in [5.41, 5.74) is -0.787. The Balaban J connectivity index is 2.36. The average molecular weight is 358 g/mol. The Bertz CT molecular complexity index is 754. The van der Waals surface area contributed by atoms with Crippen molar-refractivity contribution in [1.82, 2.24) is 14.8 Å². The van der Waals surface area contributed by atoms with Gasteiger partial charge in [0.15, 0.2) is 5.16 Å². The van der Waals surface area contributed by atoms with Gasteiger partial charge in [-0.15, -0.1) is 0 Å². The van der Waals surface area contributed by atoms with Gasteiger partial charge in [-0.3, -0.25) is 19.4 Å². The Morgan fingerprint density at radius 2 is 2.15 bits per heavy atom. The molecule has 1 heterocycles. The Labute approximate surface area is 127 Å². The summed E-state index contributed by atoms with van der Waals surface area (Å²) in [6.07, 6.45) is -0.570. The second kappa shape index (κ2) is 5.94. The third-order valence-electron chi connectivity index (χ3n) is 2.58. The zero-order valence-corrected chi connectivity index (χ0v) is 13.2. The maximum absolute atomic E-state index is 11.3. The predicted molar refractivity (Wildman–Crippen MR) is 79.0 cm³/mol. The van der Waals surface area contributed by atoms with Gasteiger partial charge < -0.3 is 5.11 Å². The van der Waals surface area contributed by atoms with E-state index in [4.69, 9.17) is 0 Å². The summed E-state index contributed by atoms with van der Waals surface area (Å²) in [5, 5.41) is 12.3. The van der Waals surface area contributed by atoms with Crippen molar-refractivity contribution in [3.8, 4) is 0 Å². The van der Waals surface area contributed by atoms with Crippen molar-refractivity contribution in [3.63, 3.8) is 0 Å². The first-order valence-corrected chi connectivity index (χ1v) is 7.32. The molecule has 2 N–H and O–H groups in total. The fraction of sp³-hybridized carbons (Fsp3) is 0.250. The highest BCUT2D eigenvalue weighted by Gasteiger charge is 2.10. The third-order valence-corrected chi connectivity index (χ3v) is 4.30. The van der Waals surface area contributed by atoms with Gasteiger partial charge in [-0.25, -0.2) is 0 Å². The molecule has 20 heavy (non-hydrogen) atoms. The van der Waals surface area contributed by atoms with E-state index >= 15 is 0 Å². The number of H-pyrrole nitrogens is 1. The molecule has 2 aromatic rings. The van der Waals surface area contributed by atoms with Crippen LogP contribution < -0.4 is 11.1 Å². The van der Waals surface area contributed by atoms with Crippen LogP contribution in [0.2, 0.25) is 0 Å². The SMILES string of the molecule is C[C@@H](O)c1ccc(Sc2nc(=O)c(=O)[nH]n2C)cc1Br. The van der Waals surface area contributed by atoms with Crippen LogP contribution in [-0.2, 0) is 7.05 Å². The van der Waals surface area contributed by atoms with Crippen LogP contribution in [0.5, 0.6) is 0 Å². The van der Waals surface area contributed by atoms with E-state index in [2.05, 4.69) is 26.0 Å². The van der Waals surface area contributed by atoms with E-state index in [9.17, 15) is 14.7 Å². The molecule has 8 heteroatoms. The molecule has 6 nitrogen and oxygen atoms in total. The molecule has 0 bridgehead atoms. The summed E-state index contributed by atoms with van der Waals surface area (Å²) in [7, 11) is 1.61. The number of hydrogen-bond donors (Lipinski definition) is 2. The zero-order valence-electron chi connectivity index (χ0n) is 10.8. The number of nitrogens with zero attached hydrogens (tertiary/aromatic N) is 2. The first-order valence-electron chi connectivity index (χ1n) is 5.71. The van der Waals surface area contributed by atoms with Gasteiger partial charge in [0.25, 0.3) is 0 Å². The molecular formula is C12H12BrN3O3S. The van der Waals surface area contributed by atoms with E-state index in [-0.39, 0.29) is 0 Å². The minimum atomic E-state index is -0.815. The summed E-state index contributed by atoms with van der Waals surface area (Å²) in [6.45, 7) is 1.68. The summed E-state index contributed by atoms with van der Waals surface area (Å²) in [4.78, 5) is 26.9. The highest BCUT2D eigenvalue weighted by molar-refractivity contribution is 9.10. The molecule has 1 aromatic carbocycles. The molecule has 1 aromatic heterocycles. The van der Waals surface area contributed by atoms with Gasteiger partial charge in [-0.2, -0.15) is 4.98 Å². The van der Waals surface area contributed by atoms with Crippen molar-refractivity contribution in [2.75, 3.05) is 0 Å². The van der Waals surface area contributed by atoms with Crippen LogP contribution in [0.1, 0.15) is 18.6 Å². The van der Waals surface area contributed by atoms with Crippen LogP contribution in [0.4, 0.5) is 0 Å². The molecule has 106 valence electrons. The number of aryl methyl sites for hydroxylation is 1. The normalized spacial score (nSPS) is 12.4. The number of aliphatic hydroxyl groups is 1. The van der Waals surface area contributed by atoms with Crippen LogP contribution in [-0.4, -0.2) is 19.9 Å². The second-order valence-electron chi connectivity index (χ2n) is 4.16. The summed E-state index contributed by atoms with van der Waals surface area (Å²) in [6, 6.07) is 5.43. The molecule has 0 saturated carbocycles. The quantitative estimate of drug-likeness (QED) is 0.811. The van der Waals surface area contributed by atoms with E-state index in [1.165, 1.54) is 16.4 Å². The van der Waals surface area contributed by atoms with Crippen molar-refractivity contribution in [2.24, 2.45) is 7.05 Å². The van der Waals surface area contributed by atoms with Gasteiger partial charge >= 0.3 is 11.1 Å². The fourth-order valence-corrected chi connectivity index (χ4v) is 3.26. The predicted octanol–water partition coefficient (Wildman–Crippen LogP) is 1.44. The number of nitrogens with one attached hydrogen (secondary N) is 1. The molecule has 0 radical (unpaired) electrons. The van der Waals surface area contributed by atoms with E-state index in [0.717, 1.165) is 14.9 Å². The van der Waals surface area contributed by atoms with Crippen molar-refractivity contribution in [1.29, 1.82) is 0 Å². The topological polar surface area (TPSA) is 88.0 Å². The monoisotopic (exact) mass is 357 g/mol. The Morgan fingerprint density at radius 3 is 2.75 bits per heavy atom. The summed E-state index contributed by atoms with van der Waals surface area (Å²) in [5.74, 6) is 0. The number of aliphatic hydroxyl groups excluding tert-OH is 1. The molecule has 2 rings (SSSR count). The highest BCUT2D eigenvalue weighted by Crippen LogP contribution is 2.31. The molecule has 0 aliphatic carbocycles. The molecular weight excluding hydrogens is 346 g/mol. The maximum Gasteiger partial charge on any atom is 0.339 e. The maximum atomic E-state index is 11.3. The van der Waals surface area contributed by atoms with Gasteiger partial charge in [-0.05, 0) is 24.6 Å². The lowest BCUT2D eigenvalue weighted by atomic mass is 10.1. The van der Waals surface area contributed by atoms with Crippen LogP contribution in [0, 0.1) is 0 Å². The molecule has 0 spiro atoms. The first kappa shape index (κ1) is 15.0. The van der Waals surface area contributed by atoms with Gasteiger partial charge in [-0.1, -0.05) is 33.8 Å². The van der Waals surface area contributed by atoms with E-state index in [1.807, 2.05) is 12.1 Å². The van der Waals surface area contributed by atoms with E-state index in [0.29, 0.717) is 5.16 Å². The number of aromatic amines is 1. The average Bonchev–Trinajstić information content (AvgIpc) is 2.35. The van der Waals surface area contributed by atoms with Gasteiger partial charge in [0.1, 0.15) is 0 Å². The highest BCUT2D eigenvalue weighted by atomic mass is 79.9. The Kier molecular flexibility index (Phi) is 4.46. The molecule has 0 aliphatic heterocycles. The third kappa shape index (κ3) is 3.20. The minimum absolute atomic E-state index is 0.381. The fourth-order valence-electron chi connectivity index (χ4n) is 1.57. The minimum Gasteiger partial charge on any atom is -0.389 e. The molecule has 0 saturated heterocycles. The van der Waals surface area contributed by atoms with Crippen LogP contribution in [0.25, 0.3) is 0 Å². The van der Waals surface area contributed by atoms with Gasteiger partial charge in [0, 0.05) is 16.4 Å². The lowest BCUT2D eigenvalue weighted by Gasteiger charge is -2.10. The molecule has 0 amide bonds. The number of benzene rings is 1. The molecule has 0 unspecified atom stereocenters. The number of rotatable bonds is 3. The van der Waals surface area contributed by atoms with Crippen LogP contribution in [0.3, 0.4) is 0 Å². The van der Waals surface area contributed by atoms with Crippen LogP contribution >= 0.6 is 27.7 Å². The van der Waals surface area contributed by atoms with Crippen molar-refractivity contribution in [3.05, 3.63) is 48.9 Å². The van der Waals surface area contributed by atoms with Gasteiger partial charge in [0.2, 0.25) is 0 Å². The van der Waals surface area contributed by atoms with Crippen molar-refractivity contribution < 1.29 is 5.11 Å². The zero-order chi connectivity index (χ0) is 14.9. The van der Waals surface area contributed by atoms with Crippen molar-refractivity contribution in [2.45, 2.75) is 23.1 Å². The van der Waals surface area contributed by atoms with Crippen molar-refractivity contribution >= 4 is 27.7 Å². The largest absolute Gasteiger partial charge is 0.389 e. The number of halogens is 1. The molecule has 0 fully saturated rings. The van der Waals surface area contributed by atoms with Crippen LogP contribution in [0.15, 0.2) is 42.3 Å². The summed E-state index contributed by atoms with van der Waals surface area (Å²) >= 11 is 4.63.